The summed E-state index contributed by atoms with van der Waals surface area (Å²) in [5, 5.41) is 12.3. The molecule has 0 bridgehead atoms. The van der Waals surface area contributed by atoms with Crippen LogP contribution < -0.4 is 15.2 Å². The summed E-state index contributed by atoms with van der Waals surface area (Å²) in [5.74, 6) is 0.734. The minimum absolute atomic E-state index is 0.0741. The van der Waals surface area contributed by atoms with Crippen molar-refractivity contribution in [2.75, 3.05) is 7.11 Å². The predicted octanol–water partition coefficient (Wildman–Crippen LogP) is 5.43. The summed E-state index contributed by atoms with van der Waals surface area (Å²) in [4.78, 5) is 16.3. The molecule has 3 rings (SSSR count). The number of aryl methyl sites for hydroxylation is 1. The molecule has 0 radical (unpaired) electrons. The van der Waals surface area contributed by atoms with Gasteiger partial charge in [0, 0.05) is 28.0 Å². The maximum Gasteiger partial charge on any atom is 0.306 e. The van der Waals surface area contributed by atoms with Gasteiger partial charge in [0.1, 0.15) is 11.5 Å². The Hall–Kier alpha value is -2.41. The Morgan fingerprint density at radius 3 is 2.65 bits per heavy atom. The molecule has 31 heavy (non-hydrogen) atoms. The molecule has 3 atom stereocenters. The van der Waals surface area contributed by atoms with Gasteiger partial charge in [-0.25, -0.2) is 0 Å². The summed E-state index contributed by atoms with van der Waals surface area (Å²) >= 11 is 1.63. The molecular formula is C24H32N2O4S. The van der Waals surface area contributed by atoms with Gasteiger partial charge in [0.15, 0.2) is 0 Å². The molecule has 6 nitrogen and oxygen atoms in total. The van der Waals surface area contributed by atoms with E-state index < -0.39 is 5.97 Å². The van der Waals surface area contributed by atoms with Gasteiger partial charge in [-0.05, 0) is 56.6 Å². The van der Waals surface area contributed by atoms with E-state index >= 15 is 0 Å². The number of aliphatic carboxylic acids is 1. The Kier molecular flexibility index (Phi) is 7.36. The Bertz CT molecular complexity index is 989. The smallest absolute Gasteiger partial charge is 0.306 e. The highest BCUT2D eigenvalue weighted by Gasteiger charge is 2.31. The third kappa shape index (κ3) is 5.26. The minimum atomic E-state index is -0.744. The molecule has 1 fully saturated rings. The van der Waals surface area contributed by atoms with Crippen molar-refractivity contribution in [1.82, 2.24) is 4.98 Å². The normalized spacial score (nSPS) is 20.3. The van der Waals surface area contributed by atoms with Gasteiger partial charge in [0.2, 0.25) is 0 Å². The molecule has 1 heterocycles. The van der Waals surface area contributed by atoms with Crippen molar-refractivity contribution in [2.45, 2.75) is 58.3 Å². The molecule has 0 amide bonds. The van der Waals surface area contributed by atoms with Crippen LogP contribution in [0, 0.1) is 18.8 Å². The lowest BCUT2D eigenvalue weighted by atomic mass is 10.1. The summed E-state index contributed by atoms with van der Waals surface area (Å²) in [5.41, 5.74) is 9.64. The first-order valence-corrected chi connectivity index (χ1v) is 11.6. The lowest BCUT2D eigenvalue weighted by Gasteiger charge is -2.19. The lowest BCUT2D eigenvalue weighted by Crippen LogP contribution is -2.16. The molecule has 168 valence electrons. The summed E-state index contributed by atoms with van der Waals surface area (Å²) in [6.45, 7) is 8.22. The summed E-state index contributed by atoms with van der Waals surface area (Å²) in [6, 6.07) is 5.87. The number of benzene rings is 1. The van der Waals surface area contributed by atoms with Gasteiger partial charge < -0.3 is 20.3 Å². The first-order chi connectivity index (χ1) is 14.7. The van der Waals surface area contributed by atoms with Crippen LogP contribution in [0.3, 0.4) is 0 Å². The van der Waals surface area contributed by atoms with Crippen LogP contribution in [0.1, 0.15) is 56.5 Å². The Morgan fingerprint density at radius 2 is 2.03 bits per heavy atom. The van der Waals surface area contributed by atoms with E-state index in [0.717, 1.165) is 45.8 Å². The van der Waals surface area contributed by atoms with Crippen molar-refractivity contribution >= 4 is 28.6 Å². The number of carbonyl (C=O) groups is 1. The van der Waals surface area contributed by atoms with Gasteiger partial charge in [0.05, 0.1) is 30.3 Å². The molecule has 1 aliphatic carbocycles. The number of pyridine rings is 1. The van der Waals surface area contributed by atoms with Crippen LogP contribution in [0.15, 0.2) is 29.3 Å². The molecule has 2 aromatic rings. The van der Waals surface area contributed by atoms with Crippen molar-refractivity contribution in [3.63, 3.8) is 0 Å². The highest BCUT2D eigenvalue weighted by atomic mass is 32.2. The topological polar surface area (TPSA) is 94.7 Å². The van der Waals surface area contributed by atoms with E-state index in [4.69, 9.17) is 20.2 Å². The van der Waals surface area contributed by atoms with Crippen LogP contribution in [0.2, 0.25) is 0 Å². The van der Waals surface area contributed by atoms with Gasteiger partial charge in [-0.3, -0.25) is 9.78 Å². The molecule has 0 saturated heterocycles. The zero-order chi connectivity index (χ0) is 22.7. The number of carboxylic acid groups (broad SMARTS) is 1. The van der Waals surface area contributed by atoms with Gasteiger partial charge in [-0.2, -0.15) is 0 Å². The second kappa shape index (κ2) is 9.81. The molecule has 1 aromatic carbocycles. The number of nitrogens with two attached hydrogens (primary N) is 1. The monoisotopic (exact) mass is 444 g/mol. The van der Waals surface area contributed by atoms with Gasteiger partial charge >= 0.3 is 5.97 Å². The number of thioether (sulfide) groups is 1. The maximum atomic E-state index is 11.3. The molecule has 1 unspecified atom stereocenters. The van der Waals surface area contributed by atoms with Crippen LogP contribution in [0.4, 0.5) is 0 Å². The van der Waals surface area contributed by atoms with Crippen molar-refractivity contribution < 1.29 is 19.4 Å². The first-order valence-electron chi connectivity index (χ1n) is 10.7. The number of allylic oxidation sites excluding steroid dienone is 1. The zero-order valence-electron chi connectivity index (χ0n) is 18.8. The number of carboxylic acids is 1. The second-order valence-corrected chi connectivity index (χ2v) is 9.69. The lowest BCUT2D eigenvalue weighted by molar-refractivity contribution is -0.141. The molecule has 1 saturated carbocycles. The second-order valence-electron chi connectivity index (χ2n) is 8.47. The summed E-state index contributed by atoms with van der Waals surface area (Å²) in [7, 11) is 1.65. The quantitative estimate of drug-likeness (QED) is 0.560. The van der Waals surface area contributed by atoms with E-state index in [1.54, 1.807) is 18.9 Å². The number of methoxy groups -OCH3 is 1. The van der Waals surface area contributed by atoms with E-state index in [9.17, 15) is 9.90 Å². The number of nitrogens with zero attached hydrogens (tertiary/aromatic N) is 1. The molecule has 1 aliphatic rings. The van der Waals surface area contributed by atoms with Crippen LogP contribution in [0.25, 0.3) is 10.9 Å². The third-order valence-electron chi connectivity index (χ3n) is 5.91. The van der Waals surface area contributed by atoms with Crippen molar-refractivity contribution in [3.8, 4) is 11.5 Å². The zero-order valence-corrected chi connectivity index (χ0v) is 19.7. The van der Waals surface area contributed by atoms with E-state index in [1.165, 1.54) is 0 Å². The fourth-order valence-electron chi connectivity index (χ4n) is 3.76. The SMILES string of the molecule is COc1ccc2c(O[C@@H]3CC[C@H](C(=O)O)C3)cc(C(C)S/C=C(\N)C(C)C)nc2c1C. The standard InChI is InChI=1S/C24H32N2O4S/c1-13(2)19(25)12-31-15(4)20-11-22(30-17-7-6-16(10-17)24(27)28)18-8-9-21(29-5)14(3)23(18)26-20/h8-9,11-13,15-17H,6-7,10,25H2,1-5H3,(H,27,28)/b19-12-/t15?,16-,17+/m0/s1. The fraction of sp³-hybridized carbons (Fsp3) is 0.500. The Balaban J connectivity index is 1.98. The van der Waals surface area contributed by atoms with Gasteiger partial charge in [-0.1, -0.05) is 13.8 Å². The number of hydrogen-bond donors (Lipinski definition) is 2. The van der Waals surface area contributed by atoms with E-state index in [-0.39, 0.29) is 17.3 Å². The van der Waals surface area contributed by atoms with Gasteiger partial charge in [0.25, 0.3) is 0 Å². The number of rotatable bonds is 8. The largest absolute Gasteiger partial charge is 0.496 e. The highest BCUT2D eigenvalue weighted by Crippen LogP contribution is 2.39. The molecule has 0 spiro atoms. The fourth-order valence-corrected chi connectivity index (χ4v) is 4.66. The summed E-state index contributed by atoms with van der Waals surface area (Å²) in [6.07, 6.45) is 1.81. The Labute approximate surface area is 188 Å². The summed E-state index contributed by atoms with van der Waals surface area (Å²) < 4.78 is 11.9. The van der Waals surface area contributed by atoms with Crippen LogP contribution >= 0.6 is 11.8 Å². The average molecular weight is 445 g/mol. The van der Waals surface area contributed by atoms with E-state index in [0.29, 0.717) is 18.8 Å². The number of hydrogen-bond acceptors (Lipinski definition) is 6. The average Bonchev–Trinajstić information content (AvgIpc) is 3.21. The predicted molar refractivity (Wildman–Crippen MR) is 126 cm³/mol. The molecule has 0 aliphatic heterocycles. The minimum Gasteiger partial charge on any atom is -0.496 e. The van der Waals surface area contributed by atoms with Crippen LogP contribution in [-0.2, 0) is 4.79 Å². The molecule has 1 aromatic heterocycles. The number of ether oxygens (including phenoxy) is 2. The molecule has 3 N–H and O–H groups in total. The van der Waals surface area contributed by atoms with Crippen molar-refractivity contribution in [1.29, 1.82) is 0 Å². The van der Waals surface area contributed by atoms with Crippen LogP contribution in [-0.4, -0.2) is 29.3 Å². The maximum absolute atomic E-state index is 11.3. The third-order valence-corrected chi connectivity index (χ3v) is 6.96. The Morgan fingerprint density at radius 1 is 1.29 bits per heavy atom. The molecule has 7 heteroatoms. The van der Waals surface area contributed by atoms with Gasteiger partial charge in [-0.15, -0.1) is 11.8 Å². The first kappa shape index (κ1) is 23.3. The van der Waals surface area contributed by atoms with Crippen molar-refractivity contribution in [3.05, 3.63) is 40.6 Å². The van der Waals surface area contributed by atoms with Crippen molar-refractivity contribution in [2.24, 2.45) is 17.6 Å². The highest BCUT2D eigenvalue weighted by molar-refractivity contribution is 8.02. The van der Waals surface area contributed by atoms with E-state index in [2.05, 4.69) is 20.8 Å². The van der Waals surface area contributed by atoms with Crippen LogP contribution in [0.5, 0.6) is 11.5 Å². The number of fused-ring (bicyclic) bond motifs is 1. The van der Waals surface area contributed by atoms with E-state index in [1.807, 2.05) is 30.5 Å². The number of aromatic nitrogens is 1. The molecular weight excluding hydrogens is 412 g/mol.